The van der Waals surface area contributed by atoms with E-state index in [1.165, 1.54) is 38.5 Å². The first kappa shape index (κ1) is 11.1. The van der Waals surface area contributed by atoms with E-state index in [9.17, 15) is 4.79 Å². The van der Waals surface area contributed by atoms with Gasteiger partial charge in [0.25, 0.3) is 0 Å². The van der Waals surface area contributed by atoms with Gasteiger partial charge in [0.15, 0.2) is 0 Å². The van der Waals surface area contributed by atoms with Crippen LogP contribution in [-0.2, 0) is 0 Å². The Morgan fingerprint density at radius 3 is 2.69 bits per heavy atom. The van der Waals surface area contributed by atoms with Gasteiger partial charge in [-0.3, -0.25) is 4.79 Å². The molecule has 0 spiro atoms. The minimum absolute atomic E-state index is 0.525. The maximum absolute atomic E-state index is 10.7. The van der Waals surface area contributed by atoms with Gasteiger partial charge in [-0.1, -0.05) is 25.7 Å². The van der Waals surface area contributed by atoms with Crippen LogP contribution >= 0.6 is 0 Å². The highest BCUT2D eigenvalue weighted by atomic mass is 16.1. The SMILES string of the molecule is O=Cc1ccnc(NC2CCCCCC2)c1. The van der Waals surface area contributed by atoms with Crippen molar-refractivity contribution in [3.05, 3.63) is 23.9 Å². The third-order valence-corrected chi connectivity index (χ3v) is 3.13. The number of hydrogen-bond acceptors (Lipinski definition) is 3. The number of aldehydes is 1. The third kappa shape index (κ3) is 3.05. The Balaban J connectivity index is 1.98. The summed E-state index contributed by atoms with van der Waals surface area (Å²) in [4.78, 5) is 14.9. The summed E-state index contributed by atoms with van der Waals surface area (Å²) in [5.41, 5.74) is 0.686. The van der Waals surface area contributed by atoms with Crippen LogP contribution in [0.2, 0.25) is 0 Å². The Labute approximate surface area is 96.3 Å². The summed E-state index contributed by atoms with van der Waals surface area (Å²) in [7, 11) is 0. The molecule has 2 rings (SSSR count). The molecule has 1 aromatic heterocycles. The first-order valence-corrected chi connectivity index (χ1v) is 6.06. The van der Waals surface area contributed by atoms with Crippen LogP contribution in [-0.4, -0.2) is 17.3 Å². The minimum Gasteiger partial charge on any atom is -0.367 e. The summed E-state index contributed by atoms with van der Waals surface area (Å²) in [5.74, 6) is 0.830. The minimum atomic E-state index is 0.525. The highest BCUT2D eigenvalue weighted by Gasteiger charge is 2.12. The summed E-state index contributed by atoms with van der Waals surface area (Å²) in [6.07, 6.45) is 10.3. The maximum Gasteiger partial charge on any atom is 0.150 e. The second kappa shape index (κ2) is 5.64. The average molecular weight is 218 g/mol. The fourth-order valence-corrected chi connectivity index (χ4v) is 2.23. The topological polar surface area (TPSA) is 42.0 Å². The molecule has 3 heteroatoms. The lowest BCUT2D eigenvalue weighted by atomic mass is 10.1. The van der Waals surface area contributed by atoms with Crippen LogP contribution in [0.25, 0.3) is 0 Å². The van der Waals surface area contributed by atoms with Gasteiger partial charge in [-0.25, -0.2) is 4.98 Å². The van der Waals surface area contributed by atoms with E-state index in [2.05, 4.69) is 10.3 Å². The lowest BCUT2D eigenvalue weighted by Crippen LogP contribution is -2.19. The summed E-state index contributed by atoms with van der Waals surface area (Å²) in [6, 6.07) is 4.07. The molecular weight excluding hydrogens is 200 g/mol. The number of carbonyl (C=O) groups is 1. The van der Waals surface area contributed by atoms with E-state index < -0.39 is 0 Å². The van der Waals surface area contributed by atoms with Gasteiger partial charge in [0.2, 0.25) is 0 Å². The van der Waals surface area contributed by atoms with Crippen molar-refractivity contribution in [2.75, 3.05) is 5.32 Å². The molecule has 1 saturated carbocycles. The molecule has 0 radical (unpaired) electrons. The molecule has 1 aliphatic rings. The van der Waals surface area contributed by atoms with Crippen molar-refractivity contribution in [2.45, 2.75) is 44.6 Å². The molecule has 0 aliphatic heterocycles. The molecule has 3 nitrogen and oxygen atoms in total. The van der Waals surface area contributed by atoms with Crippen LogP contribution in [0.4, 0.5) is 5.82 Å². The molecule has 0 atom stereocenters. The van der Waals surface area contributed by atoms with Crippen molar-refractivity contribution in [1.29, 1.82) is 0 Å². The van der Waals surface area contributed by atoms with E-state index in [0.29, 0.717) is 11.6 Å². The van der Waals surface area contributed by atoms with Crippen LogP contribution in [0, 0.1) is 0 Å². The van der Waals surface area contributed by atoms with Crippen molar-refractivity contribution >= 4 is 12.1 Å². The molecule has 1 N–H and O–H groups in total. The number of rotatable bonds is 3. The summed E-state index contributed by atoms with van der Waals surface area (Å²) < 4.78 is 0. The number of nitrogens with one attached hydrogen (secondary N) is 1. The van der Waals surface area contributed by atoms with Gasteiger partial charge >= 0.3 is 0 Å². The maximum atomic E-state index is 10.7. The summed E-state index contributed by atoms with van der Waals surface area (Å²) in [6.45, 7) is 0. The standard InChI is InChI=1S/C13H18N2O/c16-10-11-7-8-14-13(9-11)15-12-5-3-1-2-4-6-12/h7-10,12H,1-6H2,(H,14,15). The molecular formula is C13H18N2O. The molecule has 0 aromatic carbocycles. The molecule has 1 heterocycles. The molecule has 1 aliphatic carbocycles. The Morgan fingerprint density at radius 1 is 1.25 bits per heavy atom. The molecule has 86 valence electrons. The average Bonchev–Trinajstić information content (AvgIpc) is 2.58. The van der Waals surface area contributed by atoms with Gasteiger partial charge in [0.05, 0.1) is 0 Å². The first-order valence-electron chi connectivity index (χ1n) is 6.06. The summed E-state index contributed by atoms with van der Waals surface area (Å²) in [5, 5.41) is 3.43. The molecule has 1 aromatic rings. The number of hydrogen-bond donors (Lipinski definition) is 1. The van der Waals surface area contributed by atoms with Crippen LogP contribution < -0.4 is 5.32 Å². The lowest BCUT2D eigenvalue weighted by molar-refractivity contribution is 0.112. The van der Waals surface area contributed by atoms with Crippen molar-refractivity contribution < 1.29 is 4.79 Å². The van der Waals surface area contributed by atoms with Gasteiger partial charge in [-0.05, 0) is 25.0 Å². The van der Waals surface area contributed by atoms with Gasteiger partial charge in [-0.2, -0.15) is 0 Å². The smallest absolute Gasteiger partial charge is 0.150 e. The third-order valence-electron chi connectivity index (χ3n) is 3.13. The normalized spacial score (nSPS) is 17.8. The highest BCUT2D eigenvalue weighted by molar-refractivity contribution is 5.75. The zero-order chi connectivity index (χ0) is 11.2. The van der Waals surface area contributed by atoms with Crippen molar-refractivity contribution in [3.63, 3.8) is 0 Å². The highest BCUT2D eigenvalue weighted by Crippen LogP contribution is 2.20. The van der Waals surface area contributed by atoms with E-state index >= 15 is 0 Å². The van der Waals surface area contributed by atoms with Crippen LogP contribution in [0.15, 0.2) is 18.3 Å². The molecule has 0 amide bonds. The van der Waals surface area contributed by atoms with Gasteiger partial charge < -0.3 is 5.32 Å². The molecule has 16 heavy (non-hydrogen) atoms. The number of carbonyl (C=O) groups excluding carboxylic acids is 1. The van der Waals surface area contributed by atoms with E-state index in [1.54, 1.807) is 12.3 Å². The number of aromatic nitrogens is 1. The molecule has 0 unspecified atom stereocenters. The zero-order valence-corrected chi connectivity index (χ0v) is 9.48. The predicted octanol–water partition coefficient (Wildman–Crippen LogP) is 3.03. The molecule has 0 bridgehead atoms. The monoisotopic (exact) mass is 218 g/mol. The van der Waals surface area contributed by atoms with Gasteiger partial charge in [0.1, 0.15) is 12.1 Å². The van der Waals surface area contributed by atoms with Crippen LogP contribution in [0.5, 0.6) is 0 Å². The Morgan fingerprint density at radius 2 is 2.00 bits per heavy atom. The van der Waals surface area contributed by atoms with Gasteiger partial charge in [0, 0.05) is 17.8 Å². The molecule has 1 fully saturated rings. The Bertz CT molecular complexity index is 344. The second-order valence-electron chi connectivity index (χ2n) is 4.43. The predicted molar refractivity (Wildman–Crippen MR) is 64.7 cm³/mol. The largest absolute Gasteiger partial charge is 0.367 e. The molecule has 0 saturated heterocycles. The Kier molecular flexibility index (Phi) is 3.91. The van der Waals surface area contributed by atoms with E-state index in [1.807, 2.05) is 6.07 Å². The number of pyridine rings is 1. The fourth-order valence-electron chi connectivity index (χ4n) is 2.23. The van der Waals surface area contributed by atoms with E-state index in [-0.39, 0.29) is 0 Å². The lowest BCUT2D eigenvalue weighted by Gasteiger charge is -2.16. The second-order valence-corrected chi connectivity index (χ2v) is 4.43. The Hall–Kier alpha value is -1.38. The number of nitrogens with zero attached hydrogens (tertiary/aromatic N) is 1. The quantitative estimate of drug-likeness (QED) is 0.626. The van der Waals surface area contributed by atoms with Crippen molar-refractivity contribution in [1.82, 2.24) is 4.98 Å². The zero-order valence-electron chi connectivity index (χ0n) is 9.48. The van der Waals surface area contributed by atoms with Crippen LogP contribution in [0.1, 0.15) is 48.9 Å². The van der Waals surface area contributed by atoms with Gasteiger partial charge in [-0.15, -0.1) is 0 Å². The van der Waals surface area contributed by atoms with E-state index in [0.717, 1.165) is 12.1 Å². The number of anilines is 1. The summed E-state index contributed by atoms with van der Waals surface area (Å²) >= 11 is 0. The van der Waals surface area contributed by atoms with E-state index in [4.69, 9.17) is 0 Å². The fraction of sp³-hybridized carbons (Fsp3) is 0.538. The first-order chi connectivity index (χ1) is 7.88. The van der Waals surface area contributed by atoms with Crippen LogP contribution in [0.3, 0.4) is 0 Å². The van der Waals surface area contributed by atoms with Crippen molar-refractivity contribution in [3.8, 4) is 0 Å². The van der Waals surface area contributed by atoms with Crippen molar-refractivity contribution in [2.24, 2.45) is 0 Å².